The zero-order valence-corrected chi connectivity index (χ0v) is 13.1. The second-order valence-corrected chi connectivity index (χ2v) is 5.40. The predicted molar refractivity (Wildman–Crippen MR) is 86.0 cm³/mol. The fourth-order valence-corrected chi connectivity index (χ4v) is 2.42. The van der Waals surface area contributed by atoms with Crippen LogP contribution in [0.5, 0.6) is 5.75 Å². The lowest BCUT2D eigenvalue weighted by Crippen LogP contribution is -2.01. The van der Waals surface area contributed by atoms with Crippen LogP contribution >= 0.6 is 23.2 Å². The average Bonchev–Trinajstić information content (AvgIpc) is 2.45. The monoisotopic (exact) mass is 327 g/mol. The third-order valence-electron chi connectivity index (χ3n) is 2.87. The first kappa shape index (κ1) is 15.9. The minimum atomic E-state index is -0.451. The van der Waals surface area contributed by atoms with Crippen LogP contribution in [-0.2, 0) is 6.54 Å². The van der Waals surface area contributed by atoms with Gasteiger partial charge in [0.1, 0.15) is 11.6 Å². The molecule has 0 aliphatic rings. The maximum Gasteiger partial charge on any atom is 0.126 e. The molecule has 2 rings (SSSR count). The quantitative estimate of drug-likeness (QED) is 0.752. The first-order valence-electron chi connectivity index (χ1n) is 6.70. The number of anilines is 1. The standard InChI is InChI=1S/C16H16Cl2FNO/c1-2-7-21-13-5-3-11(4-6-13)10-20-16-14(17)8-12(19)9-15(16)18/h3-6,8-9,20H,2,7,10H2,1H3. The molecule has 0 aliphatic carbocycles. The Morgan fingerprint density at radius 2 is 1.71 bits per heavy atom. The van der Waals surface area contributed by atoms with Gasteiger partial charge in [-0.25, -0.2) is 4.39 Å². The summed E-state index contributed by atoms with van der Waals surface area (Å²) >= 11 is 12.0. The lowest BCUT2D eigenvalue weighted by Gasteiger charge is -2.11. The summed E-state index contributed by atoms with van der Waals surface area (Å²) in [6.45, 7) is 3.31. The van der Waals surface area contributed by atoms with Gasteiger partial charge in [-0.2, -0.15) is 0 Å². The van der Waals surface area contributed by atoms with Crippen LogP contribution in [0.25, 0.3) is 0 Å². The van der Waals surface area contributed by atoms with Crippen LogP contribution in [-0.4, -0.2) is 6.61 Å². The van der Waals surface area contributed by atoms with Crippen molar-refractivity contribution in [3.8, 4) is 5.75 Å². The molecule has 0 unspecified atom stereocenters. The molecule has 1 N–H and O–H groups in total. The number of nitrogens with one attached hydrogen (secondary N) is 1. The summed E-state index contributed by atoms with van der Waals surface area (Å²) in [5.41, 5.74) is 1.58. The summed E-state index contributed by atoms with van der Waals surface area (Å²) in [5, 5.41) is 3.65. The van der Waals surface area contributed by atoms with Crippen molar-refractivity contribution >= 4 is 28.9 Å². The molecule has 0 bridgehead atoms. The molecule has 2 nitrogen and oxygen atoms in total. The fraction of sp³-hybridized carbons (Fsp3) is 0.250. The number of hydrogen-bond acceptors (Lipinski definition) is 2. The van der Waals surface area contributed by atoms with Crippen LogP contribution in [0.2, 0.25) is 10.0 Å². The molecule has 0 atom stereocenters. The smallest absolute Gasteiger partial charge is 0.126 e. The van der Waals surface area contributed by atoms with Gasteiger partial charge in [-0.15, -0.1) is 0 Å². The first-order valence-corrected chi connectivity index (χ1v) is 7.46. The molecular formula is C16H16Cl2FNO. The van der Waals surface area contributed by atoms with Crippen LogP contribution in [0.15, 0.2) is 36.4 Å². The molecule has 0 radical (unpaired) electrons. The summed E-state index contributed by atoms with van der Waals surface area (Å²) in [6, 6.07) is 10.2. The Kier molecular flexibility index (Phi) is 5.71. The van der Waals surface area contributed by atoms with Crippen molar-refractivity contribution in [1.29, 1.82) is 0 Å². The molecule has 0 saturated carbocycles. The van der Waals surface area contributed by atoms with Crippen LogP contribution < -0.4 is 10.1 Å². The third-order valence-corrected chi connectivity index (χ3v) is 3.47. The molecule has 5 heteroatoms. The second-order valence-electron chi connectivity index (χ2n) is 4.59. The van der Waals surface area contributed by atoms with E-state index in [0.717, 1.165) is 17.7 Å². The number of rotatable bonds is 6. The molecule has 0 aromatic heterocycles. The van der Waals surface area contributed by atoms with Crippen molar-refractivity contribution in [3.05, 3.63) is 57.8 Å². The molecule has 21 heavy (non-hydrogen) atoms. The highest BCUT2D eigenvalue weighted by atomic mass is 35.5. The molecule has 112 valence electrons. The molecule has 0 fully saturated rings. The van der Waals surface area contributed by atoms with Gasteiger partial charge < -0.3 is 10.1 Å². The zero-order chi connectivity index (χ0) is 15.2. The third kappa shape index (κ3) is 4.51. The van der Waals surface area contributed by atoms with Gasteiger partial charge in [0, 0.05) is 6.54 Å². The molecule has 0 aliphatic heterocycles. The molecule has 0 saturated heterocycles. The van der Waals surface area contributed by atoms with Gasteiger partial charge in [0.25, 0.3) is 0 Å². The molecule has 0 heterocycles. The van der Waals surface area contributed by atoms with E-state index in [1.807, 2.05) is 24.3 Å². The Morgan fingerprint density at radius 3 is 2.29 bits per heavy atom. The Bertz CT molecular complexity index is 579. The van der Waals surface area contributed by atoms with Gasteiger partial charge in [-0.05, 0) is 36.2 Å². The van der Waals surface area contributed by atoms with Crippen molar-refractivity contribution in [2.45, 2.75) is 19.9 Å². The van der Waals surface area contributed by atoms with E-state index in [1.165, 1.54) is 12.1 Å². The van der Waals surface area contributed by atoms with Crippen molar-refractivity contribution in [2.75, 3.05) is 11.9 Å². The fourth-order valence-electron chi connectivity index (χ4n) is 1.82. The lowest BCUT2D eigenvalue weighted by atomic mass is 10.2. The highest BCUT2D eigenvalue weighted by Crippen LogP contribution is 2.31. The van der Waals surface area contributed by atoms with Gasteiger partial charge in [0.05, 0.1) is 22.3 Å². The minimum Gasteiger partial charge on any atom is -0.494 e. The van der Waals surface area contributed by atoms with E-state index >= 15 is 0 Å². The van der Waals surface area contributed by atoms with E-state index < -0.39 is 5.82 Å². The average molecular weight is 328 g/mol. The minimum absolute atomic E-state index is 0.267. The van der Waals surface area contributed by atoms with E-state index in [-0.39, 0.29) is 10.0 Å². The summed E-state index contributed by atoms with van der Waals surface area (Å²) in [5.74, 6) is 0.395. The highest BCUT2D eigenvalue weighted by molar-refractivity contribution is 6.39. The molecular weight excluding hydrogens is 312 g/mol. The van der Waals surface area contributed by atoms with Gasteiger partial charge in [0.2, 0.25) is 0 Å². The normalized spacial score (nSPS) is 10.5. The van der Waals surface area contributed by atoms with Crippen LogP contribution in [0.1, 0.15) is 18.9 Å². The number of halogens is 3. The number of benzene rings is 2. The van der Waals surface area contributed by atoms with Crippen molar-refractivity contribution in [3.63, 3.8) is 0 Å². The van der Waals surface area contributed by atoms with E-state index in [1.54, 1.807) is 0 Å². The van der Waals surface area contributed by atoms with Gasteiger partial charge in [-0.3, -0.25) is 0 Å². The second kappa shape index (κ2) is 7.53. The first-order chi connectivity index (χ1) is 10.1. The highest BCUT2D eigenvalue weighted by Gasteiger charge is 2.08. The van der Waals surface area contributed by atoms with Crippen molar-refractivity contribution < 1.29 is 9.13 Å². The Morgan fingerprint density at radius 1 is 1.10 bits per heavy atom. The molecule has 2 aromatic carbocycles. The summed E-state index contributed by atoms with van der Waals surface area (Å²) < 4.78 is 18.6. The van der Waals surface area contributed by atoms with Crippen molar-refractivity contribution in [2.24, 2.45) is 0 Å². The molecule has 0 amide bonds. The van der Waals surface area contributed by atoms with Crippen LogP contribution in [0.3, 0.4) is 0 Å². The van der Waals surface area contributed by atoms with Gasteiger partial charge in [-0.1, -0.05) is 42.3 Å². The van der Waals surface area contributed by atoms with Gasteiger partial charge >= 0.3 is 0 Å². The SMILES string of the molecule is CCCOc1ccc(CNc2c(Cl)cc(F)cc2Cl)cc1. The largest absolute Gasteiger partial charge is 0.494 e. The van der Waals surface area contributed by atoms with E-state index in [9.17, 15) is 4.39 Å². The summed E-state index contributed by atoms with van der Waals surface area (Å²) in [7, 11) is 0. The topological polar surface area (TPSA) is 21.3 Å². The lowest BCUT2D eigenvalue weighted by molar-refractivity contribution is 0.317. The Hall–Kier alpha value is -1.45. The van der Waals surface area contributed by atoms with Crippen LogP contribution in [0, 0.1) is 5.82 Å². The zero-order valence-electron chi connectivity index (χ0n) is 11.6. The number of ether oxygens (including phenoxy) is 1. The molecule has 2 aromatic rings. The van der Waals surface area contributed by atoms with Gasteiger partial charge in [0.15, 0.2) is 0 Å². The molecule has 0 spiro atoms. The van der Waals surface area contributed by atoms with E-state index in [4.69, 9.17) is 27.9 Å². The van der Waals surface area contributed by atoms with Crippen LogP contribution in [0.4, 0.5) is 10.1 Å². The summed E-state index contributed by atoms with van der Waals surface area (Å²) in [6.07, 6.45) is 0.977. The Labute approximate surface area is 133 Å². The van der Waals surface area contributed by atoms with Crippen molar-refractivity contribution in [1.82, 2.24) is 0 Å². The summed E-state index contributed by atoms with van der Waals surface area (Å²) in [4.78, 5) is 0. The van der Waals surface area contributed by atoms with E-state index in [0.29, 0.717) is 18.8 Å². The van der Waals surface area contributed by atoms with E-state index in [2.05, 4.69) is 12.2 Å². The Balaban J connectivity index is 2.00. The number of hydrogen-bond donors (Lipinski definition) is 1. The predicted octanol–water partition coefficient (Wildman–Crippen LogP) is 5.53. The maximum absolute atomic E-state index is 13.1. The maximum atomic E-state index is 13.1.